The Kier molecular flexibility index (Phi) is 4.96. The highest BCUT2D eigenvalue weighted by Gasteiger charge is 2.12. The number of aromatic nitrogens is 1. The molecule has 0 saturated heterocycles. The van der Waals surface area contributed by atoms with E-state index in [1.165, 1.54) is 23.5 Å². The molecule has 3 aromatic rings. The molecule has 0 saturated carbocycles. The van der Waals surface area contributed by atoms with Crippen LogP contribution in [0.3, 0.4) is 0 Å². The van der Waals surface area contributed by atoms with E-state index < -0.39 is 11.6 Å². The third-order valence-electron chi connectivity index (χ3n) is 3.40. The molecule has 6 heteroatoms. The van der Waals surface area contributed by atoms with Gasteiger partial charge in [-0.3, -0.25) is 4.79 Å². The zero-order chi connectivity index (χ0) is 16.9. The van der Waals surface area contributed by atoms with Gasteiger partial charge in [0.15, 0.2) is 0 Å². The first kappa shape index (κ1) is 16.3. The summed E-state index contributed by atoms with van der Waals surface area (Å²) in [5, 5.41) is 5.06. The molecule has 2 aromatic carbocycles. The molecule has 0 atom stereocenters. The van der Waals surface area contributed by atoms with Gasteiger partial charge in [-0.05, 0) is 17.7 Å². The summed E-state index contributed by atoms with van der Waals surface area (Å²) in [4.78, 5) is 16.2. The largest absolute Gasteiger partial charge is 0.352 e. The Bertz CT molecular complexity index is 849. The topological polar surface area (TPSA) is 42.0 Å². The van der Waals surface area contributed by atoms with Crippen molar-refractivity contribution in [2.75, 3.05) is 0 Å². The van der Waals surface area contributed by atoms with Crippen molar-refractivity contribution in [2.45, 2.75) is 13.0 Å². The van der Waals surface area contributed by atoms with E-state index in [-0.39, 0.29) is 17.9 Å². The van der Waals surface area contributed by atoms with E-state index in [9.17, 15) is 13.6 Å². The average molecular weight is 344 g/mol. The molecule has 0 radical (unpaired) electrons. The SMILES string of the molecule is O=C(Cc1nc(-c2ccc(F)cc2F)cs1)NCc1ccccc1. The number of nitrogens with zero attached hydrogens (tertiary/aromatic N) is 1. The van der Waals surface area contributed by atoms with Gasteiger partial charge >= 0.3 is 0 Å². The molecule has 3 nitrogen and oxygen atoms in total. The second-order valence-electron chi connectivity index (χ2n) is 5.19. The van der Waals surface area contributed by atoms with Crippen molar-refractivity contribution in [2.24, 2.45) is 0 Å². The monoisotopic (exact) mass is 344 g/mol. The Morgan fingerprint density at radius 1 is 1.12 bits per heavy atom. The molecule has 0 fully saturated rings. The first-order valence-corrected chi connectivity index (χ1v) is 8.20. The van der Waals surface area contributed by atoms with Gasteiger partial charge in [-0.15, -0.1) is 11.3 Å². The molecule has 0 bridgehead atoms. The van der Waals surface area contributed by atoms with Gasteiger partial charge in [0.05, 0.1) is 12.1 Å². The van der Waals surface area contributed by atoms with E-state index in [4.69, 9.17) is 0 Å². The average Bonchev–Trinajstić information content (AvgIpc) is 3.02. The minimum atomic E-state index is -0.666. The standard InChI is InChI=1S/C18H14F2N2OS/c19-13-6-7-14(15(20)8-13)16-11-24-18(22-16)9-17(23)21-10-12-4-2-1-3-5-12/h1-8,11H,9-10H2,(H,21,23). The number of halogens is 2. The summed E-state index contributed by atoms with van der Waals surface area (Å²) in [7, 11) is 0. The summed E-state index contributed by atoms with van der Waals surface area (Å²) in [6.45, 7) is 0.449. The normalized spacial score (nSPS) is 10.6. The number of rotatable bonds is 5. The lowest BCUT2D eigenvalue weighted by atomic mass is 10.1. The predicted octanol–water partition coefficient (Wildman–Crippen LogP) is 3.95. The molecule has 1 N–H and O–H groups in total. The summed E-state index contributed by atoms with van der Waals surface area (Å²) in [6.07, 6.45) is 0.125. The van der Waals surface area contributed by atoms with Crippen LogP contribution in [-0.4, -0.2) is 10.9 Å². The molecule has 1 amide bonds. The molecule has 0 unspecified atom stereocenters. The van der Waals surface area contributed by atoms with Gasteiger partial charge in [-0.1, -0.05) is 30.3 Å². The lowest BCUT2D eigenvalue weighted by Gasteiger charge is -2.03. The fourth-order valence-electron chi connectivity index (χ4n) is 2.21. The van der Waals surface area contributed by atoms with Crippen molar-refractivity contribution in [1.82, 2.24) is 10.3 Å². The van der Waals surface area contributed by atoms with E-state index >= 15 is 0 Å². The molecular formula is C18H14F2N2OS. The fraction of sp³-hybridized carbons (Fsp3) is 0.111. The quantitative estimate of drug-likeness (QED) is 0.761. The third-order valence-corrected chi connectivity index (χ3v) is 4.25. The van der Waals surface area contributed by atoms with E-state index in [1.54, 1.807) is 5.38 Å². The van der Waals surface area contributed by atoms with E-state index in [2.05, 4.69) is 10.3 Å². The van der Waals surface area contributed by atoms with Crippen LogP contribution in [0.5, 0.6) is 0 Å². The second-order valence-corrected chi connectivity index (χ2v) is 6.13. The summed E-state index contributed by atoms with van der Waals surface area (Å²) >= 11 is 1.27. The maximum Gasteiger partial charge on any atom is 0.227 e. The molecule has 1 heterocycles. The number of amides is 1. The highest BCUT2D eigenvalue weighted by atomic mass is 32.1. The first-order chi connectivity index (χ1) is 11.6. The van der Waals surface area contributed by atoms with Crippen LogP contribution in [-0.2, 0) is 17.8 Å². The fourth-order valence-corrected chi connectivity index (χ4v) is 3.00. The van der Waals surface area contributed by atoms with Gasteiger partial charge in [0.25, 0.3) is 0 Å². The van der Waals surface area contributed by atoms with Crippen LogP contribution in [0.15, 0.2) is 53.9 Å². The van der Waals surface area contributed by atoms with Gasteiger partial charge in [0.1, 0.15) is 16.6 Å². The van der Waals surface area contributed by atoms with Gasteiger partial charge in [0, 0.05) is 23.6 Å². The number of hydrogen-bond donors (Lipinski definition) is 1. The Hall–Kier alpha value is -2.60. The number of hydrogen-bond acceptors (Lipinski definition) is 3. The zero-order valence-electron chi connectivity index (χ0n) is 12.6. The van der Waals surface area contributed by atoms with Crippen molar-refractivity contribution in [3.8, 4) is 11.3 Å². The van der Waals surface area contributed by atoms with Gasteiger partial charge in [0.2, 0.25) is 5.91 Å². The molecule has 1 aromatic heterocycles. The highest BCUT2D eigenvalue weighted by Crippen LogP contribution is 2.25. The summed E-state index contributed by atoms with van der Waals surface area (Å²) in [5.41, 5.74) is 1.64. The molecule has 0 spiro atoms. The highest BCUT2D eigenvalue weighted by molar-refractivity contribution is 7.10. The van der Waals surface area contributed by atoms with Crippen LogP contribution >= 0.6 is 11.3 Å². The Balaban J connectivity index is 1.62. The predicted molar refractivity (Wildman–Crippen MR) is 89.5 cm³/mol. The van der Waals surface area contributed by atoms with Gasteiger partial charge < -0.3 is 5.32 Å². The van der Waals surface area contributed by atoms with Crippen LogP contribution in [0.25, 0.3) is 11.3 Å². The lowest BCUT2D eigenvalue weighted by Crippen LogP contribution is -2.24. The molecule has 122 valence electrons. The third kappa shape index (κ3) is 4.02. The van der Waals surface area contributed by atoms with Crippen molar-refractivity contribution in [3.63, 3.8) is 0 Å². The minimum absolute atomic E-state index is 0.125. The summed E-state index contributed by atoms with van der Waals surface area (Å²) < 4.78 is 26.7. The second kappa shape index (κ2) is 7.31. The lowest BCUT2D eigenvalue weighted by molar-refractivity contribution is -0.120. The van der Waals surface area contributed by atoms with Gasteiger partial charge in [-0.25, -0.2) is 13.8 Å². The number of benzene rings is 2. The molecule has 0 aliphatic carbocycles. The number of carbonyl (C=O) groups excluding carboxylic acids is 1. The Morgan fingerprint density at radius 2 is 1.92 bits per heavy atom. The minimum Gasteiger partial charge on any atom is -0.352 e. The molecule has 0 aliphatic rings. The Labute approximate surface area is 142 Å². The van der Waals surface area contributed by atoms with Crippen molar-refractivity contribution in [1.29, 1.82) is 0 Å². The van der Waals surface area contributed by atoms with Crippen LogP contribution in [0.1, 0.15) is 10.6 Å². The van der Waals surface area contributed by atoms with Crippen LogP contribution in [0, 0.1) is 11.6 Å². The smallest absolute Gasteiger partial charge is 0.227 e. The van der Waals surface area contributed by atoms with Crippen LogP contribution in [0.2, 0.25) is 0 Å². The van der Waals surface area contributed by atoms with Crippen LogP contribution in [0.4, 0.5) is 8.78 Å². The molecule has 24 heavy (non-hydrogen) atoms. The van der Waals surface area contributed by atoms with Crippen molar-refractivity contribution >= 4 is 17.2 Å². The molecule has 0 aliphatic heterocycles. The summed E-state index contributed by atoms with van der Waals surface area (Å²) in [5.74, 6) is -1.45. The summed E-state index contributed by atoms with van der Waals surface area (Å²) in [6, 6.07) is 12.9. The van der Waals surface area contributed by atoms with Crippen molar-refractivity contribution < 1.29 is 13.6 Å². The maximum absolute atomic E-state index is 13.8. The van der Waals surface area contributed by atoms with E-state index in [0.29, 0.717) is 17.2 Å². The maximum atomic E-state index is 13.8. The zero-order valence-corrected chi connectivity index (χ0v) is 13.4. The first-order valence-electron chi connectivity index (χ1n) is 7.32. The number of nitrogens with one attached hydrogen (secondary N) is 1. The Morgan fingerprint density at radius 3 is 2.67 bits per heavy atom. The molecular weight excluding hydrogens is 330 g/mol. The van der Waals surface area contributed by atoms with Gasteiger partial charge in [-0.2, -0.15) is 0 Å². The number of carbonyl (C=O) groups is 1. The van der Waals surface area contributed by atoms with Crippen LogP contribution < -0.4 is 5.32 Å². The van der Waals surface area contributed by atoms with E-state index in [1.807, 2.05) is 30.3 Å². The van der Waals surface area contributed by atoms with E-state index in [0.717, 1.165) is 11.6 Å². The molecule has 3 rings (SSSR count). The van der Waals surface area contributed by atoms with Crippen molar-refractivity contribution in [3.05, 3.63) is 76.1 Å². The number of thiazole rings is 1.